The van der Waals surface area contributed by atoms with Crippen LogP contribution in [-0.2, 0) is 19.7 Å². The predicted octanol–water partition coefficient (Wildman–Crippen LogP) is -0.552. The van der Waals surface area contributed by atoms with E-state index in [1.165, 1.54) is 0 Å². The van der Waals surface area contributed by atoms with E-state index < -0.39 is 39.1 Å². The van der Waals surface area contributed by atoms with Gasteiger partial charge in [0.1, 0.15) is 0 Å². The van der Waals surface area contributed by atoms with Gasteiger partial charge in [-0.2, -0.15) is 8.42 Å². The molecule has 0 aromatic rings. The molecule has 0 saturated heterocycles. The summed E-state index contributed by atoms with van der Waals surface area (Å²) in [5, 5.41) is 16.2. The Morgan fingerprint density at radius 2 is 1.29 bits per heavy atom. The molecule has 3 N–H and O–H groups in total. The smallest absolute Gasteiger partial charge is 0.306 e. The average Bonchev–Trinajstić information content (AvgIpc) is 2.15. The molecule has 0 aromatic heterocycles. The summed E-state index contributed by atoms with van der Waals surface area (Å²) in [6.45, 7) is 0. The number of aliphatic carboxylic acids is 2. The molecule has 17 heavy (non-hydrogen) atoms. The molecule has 1 rings (SSSR count). The molecule has 93 valence electrons. The molecule has 0 amide bonds. The Morgan fingerprint density at radius 3 is 1.53 bits per heavy atom. The van der Waals surface area contributed by atoms with Gasteiger partial charge in [0.25, 0.3) is 10.1 Å². The number of hydrogen-bond donors (Lipinski definition) is 3. The maximum atomic E-state index is 10.9. The van der Waals surface area contributed by atoms with Gasteiger partial charge in [-0.05, 0) is 19.3 Å². The standard InChI is InChI=1S/C8H12O7S.Na/c9-7(10)4-1-5(8(11)12)3-6(2-4)16(13,14)15;/h4-6H,1-3H2,(H,9,10)(H,11,12)(H,13,14,15);. The zero-order valence-corrected chi connectivity index (χ0v) is 12.1. The molecule has 0 spiro atoms. The molecule has 1 fully saturated rings. The summed E-state index contributed by atoms with van der Waals surface area (Å²) in [6, 6.07) is 0. The zero-order chi connectivity index (χ0) is 12.5. The van der Waals surface area contributed by atoms with Crippen molar-refractivity contribution >= 4 is 51.6 Å². The van der Waals surface area contributed by atoms with Crippen LogP contribution in [0.25, 0.3) is 0 Å². The number of hydrogen-bond acceptors (Lipinski definition) is 4. The number of carboxylic acids is 2. The van der Waals surface area contributed by atoms with E-state index in [9.17, 15) is 18.0 Å². The third-order valence-electron chi connectivity index (χ3n) is 2.78. The second-order valence-corrected chi connectivity index (χ2v) is 5.61. The van der Waals surface area contributed by atoms with Crippen molar-refractivity contribution in [3.8, 4) is 0 Å². The van der Waals surface area contributed by atoms with Gasteiger partial charge < -0.3 is 10.2 Å². The van der Waals surface area contributed by atoms with Crippen LogP contribution in [0.15, 0.2) is 0 Å². The van der Waals surface area contributed by atoms with Crippen LogP contribution in [0, 0.1) is 11.8 Å². The summed E-state index contributed by atoms with van der Waals surface area (Å²) >= 11 is 0. The Bertz CT molecular complexity index is 382. The Kier molecular flexibility index (Phi) is 6.09. The van der Waals surface area contributed by atoms with Gasteiger partial charge in [-0.15, -0.1) is 0 Å². The first-order chi connectivity index (χ1) is 7.21. The second kappa shape index (κ2) is 6.14. The minimum absolute atomic E-state index is 0. The van der Waals surface area contributed by atoms with Crippen LogP contribution >= 0.6 is 0 Å². The molecule has 1 aliphatic carbocycles. The van der Waals surface area contributed by atoms with Crippen molar-refractivity contribution in [1.82, 2.24) is 0 Å². The molecule has 0 aliphatic heterocycles. The first-order valence-corrected chi connectivity index (χ1v) is 6.14. The molecule has 7 nitrogen and oxygen atoms in total. The van der Waals surface area contributed by atoms with Crippen LogP contribution in [0.4, 0.5) is 0 Å². The molecule has 2 atom stereocenters. The van der Waals surface area contributed by atoms with Crippen molar-refractivity contribution in [3.05, 3.63) is 0 Å². The van der Waals surface area contributed by atoms with E-state index >= 15 is 0 Å². The maximum Gasteiger partial charge on any atom is 0.306 e. The van der Waals surface area contributed by atoms with Crippen molar-refractivity contribution < 1.29 is 32.8 Å². The van der Waals surface area contributed by atoms with Gasteiger partial charge in [-0.3, -0.25) is 14.1 Å². The summed E-state index contributed by atoms with van der Waals surface area (Å²) in [5.41, 5.74) is 0. The normalized spacial score (nSPS) is 29.1. The van der Waals surface area contributed by atoms with E-state index in [2.05, 4.69) is 0 Å². The third kappa shape index (κ3) is 4.55. The van der Waals surface area contributed by atoms with Crippen molar-refractivity contribution in [2.45, 2.75) is 24.5 Å². The van der Waals surface area contributed by atoms with E-state index in [1.807, 2.05) is 0 Å². The Labute approximate surface area is 120 Å². The zero-order valence-electron chi connectivity index (χ0n) is 9.24. The minimum atomic E-state index is -4.39. The van der Waals surface area contributed by atoms with Gasteiger partial charge in [-0.1, -0.05) is 0 Å². The van der Waals surface area contributed by atoms with E-state index in [0.717, 1.165) is 0 Å². The van der Waals surface area contributed by atoms with Crippen molar-refractivity contribution in [3.63, 3.8) is 0 Å². The fourth-order valence-corrected chi connectivity index (χ4v) is 2.86. The predicted molar refractivity (Wildman–Crippen MR) is 57.2 cm³/mol. The molecule has 1 saturated carbocycles. The van der Waals surface area contributed by atoms with Gasteiger partial charge in [0.15, 0.2) is 0 Å². The van der Waals surface area contributed by atoms with Crippen molar-refractivity contribution in [2.75, 3.05) is 0 Å². The quantitative estimate of drug-likeness (QED) is 0.465. The monoisotopic (exact) mass is 275 g/mol. The summed E-state index contributed by atoms with van der Waals surface area (Å²) in [6.07, 6.45) is -0.577. The topological polar surface area (TPSA) is 129 Å². The minimum Gasteiger partial charge on any atom is -0.481 e. The van der Waals surface area contributed by atoms with Gasteiger partial charge in [0.2, 0.25) is 0 Å². The fraction of sp³-hybridized carbons (Fsp3) is 0.750. The fourth-order valence-electron chi connectivity index (χ4n) is 1.91. The number of rotatable bonds is 3. The van der Waals surface area contributed by atoms with Crippen molar-refractivity contribution in [2.24, 2.45) is 11.8 Å². The Balaban J connectivity index is 0.00000256. The summed E-state index contributed by atoms with van der Waals surface area (Å²) in [4.78, 5) is 21.5. The Hall–Kier alpha value is -0.150. The largest absolute Gasteiger partial charge is 0.481 e. The van der Waals surface area contributed by atoms with Gasteiger partial charge in [-0.25, -0.2) is 0 Å². The summed E-state index contributed by atoms with van der Waals surface area (Å²) in [7, 11) is -4.39. The van der Waals surface area contributed by atoms with Crippen LogP contribution in [0.1, 0.15) is 19.3 Å². The second-order valence-electron chi connectivity index (χ2n) is 3.91. The molecule has 0 aromatic carbocycles. The van der Waals surface area contributed by atoms with Crippen LogP contribution in [0.5, 0.6) is 0 Å². The first kappa shape index (κ1) is 16.9. The van der Waals surface area contributed by atoms with Crippen LogP contribution in [-0.4, -0.2) is 69.9 Å². The van der Waals surface area contributed by atoms with Crippen LogP contribution in [0.3, 0.4) is 0 Å². The molecule has 9 heteroatoms. The molecule has 2 unspecified atom stereocenters. The van der Waals surface area contributed by atoms with E-state index in [0.29, 0.717) is 0 Å². The van der Waals surface area contributed by atoms with Gasteiger partial charge in [0, 0.05) is 29.6 Å². The van der Waals surface area contributed by atoms with E-state index in [1.54, 1.807) is 0 Å². The molecular formula is C8H12NaO7S. The molecule has 0 heterocycles. The van der Waals surface area contributed by atoms with Gasteiger partial charge in [0.05, 0.1) is 17.1 Å². The molecule has 1 radical (unpaired) electrons. The van der Waals surface area contributed by atoms with Gasteiger partial charge >= 0.3 is 11.9 Å². The average molecular weight is 275 g/mol. The van der Waals surface area contributed by atoms with Crippen molar-refractivity contribution in [1.29, 1.82) is 0 Å². The van der Waals surface area contributed by atoms with E-state index in [4.69, 9.17) is 14.8 Å². The van der Waals surface area contributed by atoms with Crippen LogP contribution in [0.2, 0.25) is 0 Å². The van der Waals surface area contributed by atoms with Crippen LogP contribution < -0.4 is 0 Å². The maximum absolute atomic E-state index is 10.9. The molecule has 1 aliphatic rings. The number of carboxylic acid groups (broad SMARTS) is 2. The number of carbonyl (C=O) groups is 2. The molecule has 0 bridgehead atoms. The van der Waals surface area contributed by atoms with E-state index in [-0.39, 0.29) is 48.8 Å². The summed E-state index contributed by atoms with van der Waals surface area (Å²) in [5.74, 6) is -4.55. The molecular weight excluding hydrogens is 263 g/mol. The third-order valence-corrected chi connectivity index (χ3v) is 4.01. The summed E-state index contributed by atoms with van der Waals surface area (Å²) < 4.78 is 30.6. The SMILES string of the molecule is O=C(O)C1CC(C(=O)O)CC(S(=O)(=O)O)C1.[Na]. The first-order valence-electron chi connectivity index (χ1n) is 4.63. The Morgan fingerprint density at radius 1 is 0.941 bits per heavy atom.